The summed E-state index contributed by atoms with van der Waals surface area (Å²) in [6.45, 7) is 7.09. The quantitative estimate of drug-likeness (QED) is 0.795. The van der Waals surface area contributed by atoms with Crippen LogP contribution >= 0.6 is 0 Å². The van der Waals surface area contributed by atoms with Crippen LogP contribution in [-0.4, -0.2) is 79.3 Å². The minimum Gasteiger partial charge on any atom is -0.395 e. The van der Waals surface area contributed by atoms with Crippen LogP contribution in [0.1, 0.15) is 25.7 Å². The zero-order chi connectivity index (χ0) is 13.1. The average molecular weight is 270 g/mol. The predicted molar refractivity (Wildman–Crippen MR) is 72.0 cm³/mol. The summed E-state index contributed by atoms with van der Waals surface area (Å²) >= 11 is 0. The first-order valence-electron chi connectivity index (χ1n) is 7.67. The lowest BCUT2D eigenvalue weighted by Gasteiger charge is -2.35. The predicted octanol–water partition coefficient (Wildman–Crippen LogP) is 0.282. The van der Waals surface area contributed by atoms with Crippen LogP contribution in [0.2, 0.25) is 0 Å². The molecule has 3 fully saturated rings. The first kappa shape index (κ1) is 13.8. The highest BCUT2D eigenvalue weighted by molar-refractivity contribution is 4.86. The molecule has 0 aromatic rings. The van der Waals surface area contributed by atoms with Gasteiger partial charge in [-0.2, -0.15) is 0 Å². The summed E-state index contributed by atoms with van der Waals surface area (Å²) in [4.78, 5) is 4.79. The van der Waals surface area contributed by atoms with Gasteiger partial charge >= 0.3 is 0 Å². The molecule has 0 bridgehead atoms. The molecular weight excluding hydrogens is 244 g/mol. The summed E-state index contributed by atoms with van der Waals surface area (Å²) in [5.41, 5.74) is 0. The zero-order valence-electron chi connectivity index (χ0n) is 11.7. The Morgan fingerprint density at radius 3 is 2.42 bits per heavy atom. The van der Waals surface area contributed by atoms with Crippen LogP contribution in [0.3, 0.4) is 0 Å². The van der Waals surface area contributed by atoms with Crippen LogP contribution in [0, 0.1) is 0 Å². The minimum atomic E-state index is -0.219. The molecule has 1 atom stereocenters. The molecule has 1 N–H and O–H groups in total. The third-order valence-electron chi connectivity index (χ3n) is 4.62. The van der Waals surface area contributed by atoms with Gasteiger partial charge in [0.1, 0.15) is 0 Å². The molecule has 0 radical (unpaired) electrons. The maximum Gasteiger partial charge on any atom is 0.168 e. The van der Waals surface area contributed by atoms with E-state index in [0.717, 1.165) is 58.7 Å². The highest BCUT2D eigenvalue weighted by atomic mass is 16.7. The molecule has 19 heavy (non-hydrogen) atoms. The van der Waals surface area contributed by atoms with E-state index in [1.165, 1.54) is 12.8 Å². The Morgan fingerprint density at radius 2 is 1.74 bits per heavy atom. The Morgan fingerprint density at radius 1 is 1.05 bits per heavy atom. The van der Waals surface area contributed by atoms with Crippen molar-refractivity contribution < 1.29 is 14.6 Å². The van der Waals surface area contributed by atoms with Gasteiger partial charge in [-0.05, 0) is 12.8 Å². The van der Waals surface area contributed by atoms with E-state index in [2.05, 4.69) is 9.80 Å². The molecule has 1 unspecified atom stereocenters. The van der Waals surface area contributed by atoms with E-state index in [4.69, 9.17) is 14.6 Å². The van der Waals surface area contributed by atoms with Crippen molar-refractivity contribution in [1.29, 1.82) is 0 Å². The Kier molecular flexibility index (Phi) is 4.39. The molecule has 5 nitrogen and oxygen atoms in total. The van der Waals surface area contributed by atoms with Gasteiger partial charge in [-0.25, -0.2) is 0 Å². The molecule has 1 spiro atoms. The Bertz CT molecular complexity index is 286. The van der Waals surface area contributed by atoms with Crippen molar-refractivity contribution in [1.82, 2.24) is 9.80 Å². The van der Waals surface area contributed by atoms with Crippen molar-refractivity contribution in [2.24, 2.45) is 0 Å². The van der Waals surface area contributed by atoms with Crippen LogP contribution in [0.15, 0.2) is 0 Å². The molecule has 2 aliphatic heterocycles. The number of hydrogen-bond donors (Lipinski definition) is 1. The Labute approximate surface area is 115 Å². The fourth-order valence-electron chi connectivity index (χ4n) is 3.51. The number of nitrogens with zero attached hydrogens (tertiary/aromatic N) is 2. The van der Waals surface area contributed by atoms with Gasteiger partial charge in [0.2, 0.25) is 0 Å². The van der Waals surface area contributed by atoms with Gasteiger partial charge in [0.25, 0.3) is 0 Å². The average Bonchev–Trinajstić information content (AvgIpc) is 3.03. The van der Waals surface area contributed by atoms with Crippen molar-refractivity contribution in [2.45, 2.75) is 37.6 Å². The number of rotatable bonds is 4. The van der Waals surface area contributed by atoms with Gasteiger partial charge in [0, 0.05) is 52.1 Å². The summed E-state index contributed by atoms with van der Waals surface area (Å²) < 4.78 is 12.1. The lowest BCUT2D eigenvalue weighted by molar-refractivity contribution is -0.163. The second kappa shape index (κ2) is 6.06. The number of hydrogen-bond acceptors (Lipinski definition) is 5. The summed E-state index contributed by atoms with van der Waals surface area (Å²) in [6.07, 6.45) is 4.89. The summed E-state index contributed by atoms with van der Waals surface area (Å²) in [6, 6.07) is 0. The smallest absolute Gasteiger partial charge is 0.168 e. The highest BCUT2D eigenvalue weighted by Gasteiger charge is 2.43. The van der Waals surface area contributed by atoms with Crippen LogP contribution in [0.5, 0.6) is 0 Å². The molecule has 3 aliphatic rings. The Balaban J connectivity index is 1.41. The number of aliphatic hydroxyl groups excluding tert-OH is 1. The lowest BCUT2D eigenvalue weighted by Crippen LogP contribution is -2.49. The van der Waals surface area contributed by atoms with Gasteiger partial charge in [-0.3, -0.25) is 9.80 Å². The van der Waals surface area contributed by atoms with Crippen molar-refractivity contribution in [3.63, 3.8) is 0 Å². The van der Waals surface area contributed by atoms with E-state index >= 15 is 0 Å². The highest BCUT2D eigenvalue weighted by Crippen LogP contribution is 2.39. The second-order valence-corrected chi connectivity index (χ2v) is 6.03. The number of ether oxygens (including phenoxy) is 2. The molecule has 2 saturated heterocycles. The van der Waals surface area contributed by atoms with E-state index < -0.39 is 0 Å². The fourth-order valence-corrected chi connectivity index (χ4v) is 3.51. The van der Waals surface area contributed by atoms with E-state index in [1.807, 2.05) is 0 Å². The summed E-state index contributed by atoms with van der Waals surface area (Å²) in [5, 5.41) is 8.94. The largest absolute Gasteiger partial charge is 0.395 e. The van der Waals surface area contributed by atoms with Crippen LogP contribution in [0.4, 0.5) is 0 Å². The summed E-state index contributed by atoms with van der Waals surface area (Å²) in [5.74, 6) is -0.219. The van der Waals surface area contributed by atoms with Gasteiger partial charge in [0.05, 0.1) is 19.3 Å². The maximum atomic E-state index is 8.94. The molecule has 5 heteroatoms. The van der Waals surface area contributed by atoms with Crippen LogP contribution < -0.4 is 0 Å². The van der Waals surface area contributed by atoms with Gasteiger partial charge < -0.3 is 14.6 Å². The summed E-state index contributed by atoms with van der Waals surface area (Å²) in [7, 11) is 0. The number of β-amino-alcohol motifs (C(OH)–C–C–N with tert-alkyl or cyclic N) is 1. The van der Waals surface area contributed by atoms with Crippen molar-refractivity contribution >= 4 is 0 Å². The topological polar surface area (TPSA) is 45.2 Å². The number of piperazine rings is 1. The zero-order valence-corrected chi connectivity index (χ0v) is 11.7. The van der Waals surface area contributed by atoms with Gasteiger partial charge in [-0.15, -0.1) is 0 Å². The van der Waals surface area contributed by atoms with Crippen molar-refractivity contribution in [3.8, 4) is 0 Å². The van der Waals surface area contributed by atoms with Crippen LogP contribution in [0.25, 0.3) is 0 Å². The molecular formula is C14H26N2O3. The van der Waals surface area contributed by atoms with Gasteiger partial charge in [0.15, 0.2) is 5.79 Å². The number of aliphatic hydroxyl groups is 1. The second-order valence-electron chi connectivity index (χ2n) is 6.03. The molecule has 0 aromatic heterocycles. The normalized spacial score (nSPS) is 32.4. The van der Waals surface area contributed by atoms with Crippen LogP contribution in [-0.2, 0) is 9.47 Å². The molecule has 2 heterocycles. The van der Waals surface area contributed by atoms with E-state index in [1.54, 1.807) is 0 Å². The minimum absolute atomic E-state index is 0.219. The monoisotopic (exact) mass is 270 g/mol. The third kappa shape index (κ3) is 3.28. The maximum absolute atomic E-state index is 8.94. The first-order valence-corrected chi connectivity index (χ1v) is 7.67. The first-order chi connectivity index (χ1) is 9.30. The van der Waals surface area contributed by atoms with E-state index in [-0.39, 0.29) is 18.5 Å². The fraction of sp³-hybridized carbons (Fsp3) is 1.00. The lowest BCUT2D eigenvalue weighted by atomic mass is 10.2. The molecule has 0 amide bonds. The molecule has 1 saturated carbocycles. The molecule has 1 aliphatic carbocycles. The van der Waals surface area contributed by atoms with Gasteiger partial charge in [-0.1, -0.05) is 0 Å². The third-order valence-corrected chi connectivity index (χ3v) is 4.62. The Hall–Kier alpha value is -0.200. The van der Waals surface area contributed by atoms with E-state index in [9.17, 15) is 0 Å². The molecule has 3 rings (SSSR count). The van der Waals surface area contributed by atoms with Crippen molar-refractivity contribution in [3.05, 3.63) is 0 Å². The SMILES string of the molecule is OCCN1CCN(CC2COC3(CCCC3)O2)CC1. The molecule has 110 valence electrons. The van der Waals surface area contributed by atoms with Crippen molar-refractivity contribution in [2.75, 3.05) is 52.5 Å². The van der Waals surface area contributed by atoms with E-state index in [0.29, 0.717) is 0 Å². The standard InChI is InChI=1S/C14H26N2O3/c17-10-9-15-5-7-16(8-6-15)11-13-12-18-14(19-13)3-1-2-4-14/h13,17H,1-12H2. The molecule has 0 aromatic carbocycles.